The predicted molar refractivity (Wildman–Crippen MR) is 80.1 cm³/mol. The van der Waals surface area contributed by atoms with Crippen LogP contribution in [0.25, 0.3) is 0 Å². The van der Waals surface area contributed by atoms with Crippen LogP contribution in [0.4, 0.5) is 5.69 Å². The van der Waals surface area contributed by atoms with Gasteiger partial charge in [-0.2, -0.15) is 0 Å². The lowest BCUT2D eigenvalue weighted by molar-refractivity contribution is 0.0963. The largest absolute Gasteiger partial charge is 0.398 e. The highest BCUT2D eigenvalue weighted by Gasteiger charge is 2.09. The number of carbonyl (C=O) groups is 1. The summed E-state index contributed by atoms with van der Waals surface area (Å²) in [6.45, 7) is 7.36. The number of benzene rings is 1. The molecule has 0 atom stereocenters. The number of carbonyl (C=O) groups excluding carboxylic acids is 1. The van der Waals surface area contributed by atoms with E-state index in [1.165, 1.54) is 0 Å². The number of hydrogen-bond acceptors (Lipinski definition) is 3. The van der Waals surface area contributed by atoms with E-state index >= 15 is 0 Å². The van der Waals surface area contributed by atoms with Crippen molar-refractivity contribution in [2.75, 3.05) is 25.9 Å². The van der Waals surface area contributed by atoms with Gasteiger partial charge in [0.05, 0.1) is 0 Å². The first-order valence-electron chi connectivity index (χ1n) is 6.95. The Bertz CT molecular complexity index is 412. The number of nitrogen functional groups attached to an aromatic ring is 1. The van der Waals surface area contributed by atoms with Crippen LogP contribution in [0.2, 0.25) is 0 Å². The van der Waals surface area contributed by atoms with E-state index in [-0.39, 0.29) is 5.91 Å². The van der Waals surface area contributed by atoms with Gasteiger partial charge in [-0.1, -0.05) is 19.9 Å². The van der Waals surface area contributed by atoms with Gasteiger partial charge in [0.15, 0.2) is 0 Å². The summed E-state index contributed by atoms with van der Waals surface area (Å²) < 4.78 is 0. The van der Waals surface area contributed by atoms with Crippen LogP contribution < -0.4 is 11.1 Å². The number of anilines is 1. The van der Waals surface area contributed by atoms with Crippen molar-refractivity contribution < 1.29 is 4.79 Å². The summed E-state index contributed by atoms with van der Waals surface area (Å²) >= 11 is 0. The molecule has 0 aliphatic carbocycles. The number of nitrogens with one attached hydrogen (secondary N) is 1. The average Bonchev–Trinajstić information content (AvgIpc) is 2.40. The molecule has 0 radical (unpaired) electrons. The maximum Gasteiger partial charge on any atom is 0.251 e. The molecule has 0 spiro atoms. The van der Waals surface area contributed by atoms with Crippen LogP contribution in [0.5, 0.6) is 0 Å². The van der Waals surface area contributed by atoms with Crippen molar-refractivity contribution in [1.29, 1.82) is 0 Å². The Morgan fingerprint density at radius 3 is 2.37 bits per heavy atom. The van der Waals surface area contributed by atoms with Crippen LogP contribution in [0, 0.1) is 0 Å². The number of nitrogens with two attached hydrogens (primary N) is 1. The molecule has 106 valence electrons. The maximum absolute atomic E-state index is 11.5. The fourth-order valence-electron chi connectivity index (χ4n) is 2.17. The quantitative estimate of drug-likeness (QED) is 0.742. The van der Waals surface area contributed by atoms with Crippen LogP contribution in [-0.2, 0) is 6.54 Å². The highest BCUT2D eigenvalue weighted by atomic mass is 16.1. The smallest absolute Gasteiger partial charge is 0.251 e. The molecule has 4 nitrogen and oxygen atoms in total. The van der Waals surface area contributed by atoms with Gasteiger partial charge in [0.2, 0.25) is 0 Å². The predicted octanol–water partition coefficient (Wildman–Crippen LogP) is 2.25. The van der Waals surface area contributed by atoms with E-state index in [9.17, 15) is 4.79 Å². The van der Waals surface area contributed by atoms with Gasteiger partial charge in [-0.25, -0.2) is 0 Å². The Balaban J connectivity index is 2.80. The summed E-state index contributed by atoms with van der Waals surface area (Å²) in [5.41, 5.74) is 8.45. The van der Waals surface area contributed by atoms with E-state index in [1.807, 2.05) is 12.1 Å². The van der Waals surface area contributed by atoms with E-state index < -0.39 is 0 Å². The van der Waals surface area contributed by atoms with E-state index in [1.54, 1.807) is 13.1 Å². The third kappa shape index (κ3) is 4.56. The second kappa shape index (κ2) is 7.79. The molecule has 0 aliphatic rings. The SMILES string of the molecule is CCCN(CCC)Cc1ccc(C(=O)NC)cc1N. The Morgan fingerprint density at radius 1 is 1.26 bits per heavy atom. The normalized spacial score (nSPS) is 10.7. The van der Waals surface area contributed by atoms with E-state index in [4.69, 9.17) is 5.73 Å². The molecule has 4 heteroatoms. The molecule has 0 aliphatic heterocycles. The van der Waals surface area contributed by atoms with Crippen LogP contribution in [0.3, 0.4) is 0 Å². The van der Waals surface area contributed by atoms with Gasteiger partial charge in [-0.05, 0) is 43.6 Å². The lowest BCUT2D eigenvalue weighted by atomic mass is 10.1. The molecule has 1 aromatic rings. The van der Waals surface area contributed by atoms with Crippen LogP contribution in [-0.4, -0.2) is 30.9 Å². The molecule has 1 aromatic carbocycles. The third-order valence-corrected chi connectivity index (χ3v) is 3.11. The van der Waals surface area contributed by atoms with Gasteiger partial charge in [-0.3, -0.25) is 9.69 Å². The topological polar surface area (TPSA) is 58.4 Å². The summed E-state index contributed by atoms with van der Waals surface area (Å²) in [6, 6.07) is 5.54. The first-order valence-corrected chi connectivity index (χ1v) is 6.95. The lowest BCUT2D eigenvalue weighted by Crippen LogP contribution is -2.25. The molecular formula is C15H25N3O. The summed E-state index contributed by atoms with van der Waals surface area (Å²) in [6.07, 6.45) is 2.27. The highest BCUT2D eigenvalue weighted by Crippen LogP contribution is 2.17. The standard InChI is InChI=1S/C15H25N3O/c1-4-8-18(9-5-2)11-13-7-6-12(10-14(13)16)15(19)17-3/h6-7,10H,4-5,8-9,11,16H2,1-3H3,(H,17,19). The van der Waals surface area contributed by atoms with Crippen molar-refractivity contribution in [3.05, 3.63) is 29.3 Å². The van der Waals surface area contributed by atoms with E-state index in [2.05, 4.69) is 24.1 Å². The third-order valence-electron chi connectivity index (χ3n) is 3.11. The fraction of sp³-hybridized carbons (Fsp3) is 0.533. The Morgan fingerprint density at radius 2 is 1.89 bits per heavy atom. The van der Waals surface area contributed by atoms with Crippen molar-refractivity contribution in [1.82, 2.24) is 10.2 Å². The van der Waals surface area contributed by atoms with E-state index in [0.717, 1.165) is 38.0 Å². The zero-order valence-electron chi connectivity index (χ0n) is 12.2. The summed E-state index contributed by atoms with van der Waals surface area (Å²) in [4.78, 5) is 13.9. The van der Waals surface area contributed by atoms with Crippen LogP contribution in [0.15, 0.2) is 18.2 Å². The molecule has 0 bridgehead atoms. The molecule has 19 heavy (non-hydrogen) atoms. The number of nitrogens with zero attached hydrogens (tertiary/aromatic N) is 1. The monoisotopic (exact) mass is 263 g/mol. The van der Waals surface area contributed by atoms with E-state index in [0.29, 0.717) is 11.3 Å². The lowest BCUT2D eigenvalue weighted by Gasteiger charge is -2.22. The van der Waals surface area contributed by atoms with Crippen molar-refractivity contribution in [2.24, 2.45) is 0 Å². The van der Waals surface area contributed by atoms with Crippen LogP contribution >= 0.6 is 0 Å². The molecule has 3 N–H and O–H groups in total. The van der Waals surface area contributed by atoms with Crippen molar-refractivity contribution in [3.63, 3.8) is 0 Å². The number of rotatable bonds is 7. The maximum atomic E-state index is 11.5. The molecule has 0 unspecified atom stereocenters. The van der Waals surface area contributed by atoms with Crippen LogP contribution in [0.1, 0.15) is 42.6 Å². The molecule has 1 rings (SSSR count). The zero-order valence-corrected chi connectivity index (χ0v) is 12.2. The molecule has 0 saturated heterocycles. The van der Waals surface area contributed by atoms with Crippen molar-refractivity contribution in [2.45, 2.75) is 33.2 Å². The van der Waals surface area contributed by atoms with Gasteiger partial charge < -0.3 is 11.1 Å². The molecule has 0 heterocycles. The first-order chi connectivity index (χ1) is 9.12. The van der Waals surface area contributed by atoms with Gasteiger partial charge in [0.25, 0.3) is 5.91 Å². The minimum Gasteiger partial charge on any atom is -0.398 e. The average molecular weight is 263 g/mol. The van der Waals surface area contributed by atoms with Gasteiger partial charge in [0, 0.05) is 24.8 Å². The summed E-state index contributed by atoms with van der Waals surface area (Å²) in [5, 5.41) is 2.60. The molecular weight excluding hydrogens is 238 g/mol. The molecule has 0 fully saturated rings. The molecule has 0 saturated carbocycles. The van der Waals surface area contributed by atoms with Crippen molar-refractivity contribution >= 4 is 11.6 Å². The number of amides is 1. The van der Waals surface area contributed by atoms with Crippen molar-refractivity contribution in [3.8, 4) is 0 Å². The summed E-state index contributed by atoms with van der Waals surface area (Å²) in [7, 11) is 1.62. The fourth-order valence-corrected chi connectivity index (χ4v) is 2.17. The molecule has 1 amide bonds. The number of hydrogen-bond donors (Lipinski definition) is 2. The van der Waals surface area contributed by atoms with Gasteiger partial charge in [-0.15, -0.1) is 0 Å². The second-order valence-corrected chi connectivity index (χ2v) is 4.77. The zero-order chi connectivity index (χ0) is 14.3. The molecule has 0 aromatic heterocycles. The minimum absolute atomic E-state index is 0.0998. The van der Waals surface area contributed by atoms with Gasteiger partial charge in [0.1, 0.15) is 0 Å². The Hall–Kier alpha value is -1.55. The highest BCUT2D eigenvalue weighted by molar-refractivity contribution is 5.95. The Kier molecular flexibility index (Phi) is 6.36. The first kappa shape index (κ1) is 15.5. The minimum atomic E-state index is -0.0998. The summed E-state index contributed by atoms with van der Waals surface area (Å²) in [5.74, 6) is -0.0998. The second-order valence-electron chi connectivity index (χ2n) is 4.77. The Labute approximate surface area is 116 Å². The van der Waals surface area contributed by atoms with Gasteiger partial charge >= 0.3 is 0 Å².